The van der Waals surface area contributed by atoms with E-state index in [4.69, 9.17) is 14.4 Å². The number of hydrogen-bond acceptors (Lipinski definition) is 33. The maximum absolute atomic E-state index is 11.9. The Hall–Kier alpha value is -10.9. The summed E-state index contributed by atoms with van der Waals surface area (Å²) in [5, 5.41) is 2.95. The number of carbonyl (C=O) groups is 24. The number of imide groups is 6. The van der Waals surface area contributed by atoms with Crippen LogP contribution in [-0.4, -0.2) is 192 Å². The number of rotatable bonds is 35. The van der Waals surface area contributed by atoms with Crippen molar-refractivity contribution in [2.75, 3.05) is 19.8 Å². The first-order chi connectivity index (χ1) is 50.5. The summed E-state index contributed by atoms with van der Waals surface area (Å²) in [6.07, 6.45) is 5.25. The van der Waals surface area contributed by atoms with Crippen LogP contribution in [0.15, 0.2) is 0 Å². The van der Waals surface area contributed by atoms with Crippen LogP contribution in [0, 0.1) is 17.8 Å². The van der Waals surface area contributed by atoms with E-state index in [1.165, 1.54) is 13.8 Å². The first-order valence-corrected chi connectivity index (χ1v) is 35.0. The highest BCUT2D eigenvalue weighted by Gasteiger charge is 2.39. The van der Waals surface area contributed by atoms with Crippen LogP contribution < -0.4 is 0 Å². The molecular weight excluding hydrogens is 1430 g/mol. The molecule has 6 aliphatic rings. The van der Waals surface area contributed by atoms with Gasteiger partial charge in [-0.2, -0.15) is 0 Å². The number of ketones is 3. The molecule has 6 heterocycles. The van der Waals surface area contributed by atoms with Gasteiger partial charge < -0.3 is 43.2 Å². The predicted octanol–water partition coefficient (Wildman–Crippen LogP) is 3.56. The molecule has 0 aromatic rings. The van der Waals surface area contributed by atoms with Gasteiger partial charge in [0.1, 0.15) is 17.3 Å². The van der Waals surface area contributed by atoms with E-state index in [0.717, 1.165) is 12.8 Å². The van der Waals surface area contributed by atoms with Crippen LogP contribution in [0.1, 0.15) is 249 Å². The summed E-state index contributed by atoms with van der Waals surface area (Å²) in [5.74, 6) is -14.2. The van der Waals surface area contributed by atoms with Crippen LogP contribution in [0.3, 0.4) is 0 Å². The number of hydrogen-bond donors (Lipinski definition) is 0. The van der Waals surface area contributed by atoms with E-state index in [1.54, 1.807) is 34.6 Å². The molecule has 3 unspecified atom stereocenters. The molecule has 6 saturated heterocycles. The second-order valence-electron chi connectivity index (χ2n) is 23.7. The van der Waals surface area contributed by atoms with Gasteiger partial charge in [0, 0.05) is 122 Å². The van der Waals surface area contributed by atoms with Crippen molar-refractivity contribution >= 4 is 142 Å². The average Bonchev–Trinajstić information content (AvgIpc) is 1.81. The molecule has 39 heteroatoms. The van der Waals surface area contributed by atoms with E-state index < -0.39 is 142 Å². The van der Waals surface area contributed by atoms with Gasteiger partial charge in [0.25, 0.3) is 70.9 Å². The largest absolute Gasteiger partial charge is 0.466 e. The fourth-order valence-corrected chi connectivity index (χ4v) is 8.91. The number of unbranched alkanes of at least 4 members (excludes halogenated alkanes) is 2. The monoisotopic (exact) mass is 1520 g/mol. The van der Waals surface area contributed by atoms with Crippen LogP contribution in [0.5, 0.6) is 0 Å². The summed E-state index contributed by atoms with van der Waals surface area (Å²) < 4.78 is 14.1. The Kier molecular flexibility index (Phi) is 44.4. The van der Waals surface area contributed by atoms with Crippen molar-refractivity contribution in [3.8, 4) is 0 Å². The van der Waals surface area contributed by atoms with E-state index in [1.807, 2.05) is 13.8 Å². The van der Waals surface area contributed by atoms with E-state index >= 15 is 0 Å². The van der Waals surface area contributed by atoms with Crippen LogP contribution in [-0.2, 0) is 158 Å². The van der Waals surface area contributed by atoms with Gasteiger partial charge >= 0.3 is 53.7 Å². The summed E-state index contributed by atoms with van der Waals surface area (Å²) in [6.45, 7) is 15.7. The molecule has 39 nitrogen and oxygen atoms in total. The van der Waals surface area contributed by atoms with E-state index in [0.29, 0.717) is 75.3 Å². The molecular formula is C68H94N6O33. The van der Waals surface area contributed by atoms with Gasteiger partial charge in [-0.05, 0) is 40.0 Å². The number of Topliss-reactive ketones (excluding diaryl/α,β-unsaturated/α-hetero) is 3. The Morgan fingerprint density at radius 3 is 0.869 bits per heavy atom. The number of ether oxygens (including phenoxy) is 3. The SMILES string of the molecule is CCC(=O)CC(C)C(=O)ON1C(=O)CCC1=O.CCC(=O)CCC(=O)ON1C(=O)CCC1=O.CCC(=O)CCCCCC(=O)ON1C(=O)CCC1=O.CCCC(CC(=O)OCC)C(=O)ON1C(=O)CCC1=O.CCOC(=O)CC(C)C(=O)ON1C(=O)CCC1=O.CCOC(=O)CCC(=O)ON1C(=O)CCC1=O. The first kappa shape index (κ1) is 94.1. The molecule has 0 spiro atoms. The number of hydroxylamine groups is 12. The highest BCUT2D eigenvalue weighted by molar-refractivity contribution is 6.05. The molecule has 6 aliphatic heterocycles. The standard InChI is InChI=1S/C13H19NO6.C13H19NO5.C11H15NO6.C11H15NO5.C10H13NO6.C10H13NO5/c1-3-5-9(8-12(17)19-4-2)13(18)20-14-10(15)6-7-11(14)16;1-2-10(15)6-4-3-5-7-13(18)19-14-11(16)8-9-12(14)17;1-3-17-10(15)6-7(2)11(16)18-12-8(13)4-5-9(12)14;1-3-8(13)6-7(2)11(16)17-12-9(14)4-5-10(12)15;1-2-16-9(14)5-6-10(15)17-11-7(12)3-4-8(11)13;1-2-7(12)3-6-10(15)16-11-8(13)4-5-9(11)14/h9H,3-8H2,1-2H3;2-9H2,1H3;7H,3-6H2,1-2H3;7H,3-6H2,1-2H3;2-6H2,1H3;2-6H2,1H3. The lowest BCUT2D eigenvalue weighted by molar-refractivity contribution is -0.201. The van der Waals surface area contributed by atoms with Crippen LogP contribution >= 0.6 is 0 Å². The van der Waals surface area contributed by atoms with Crippen molar-refractivity contribution in [2.45, 2.75) is 249 Å². The summed E-state index contributed by atoms with van der Waals surface area (Å²) in [4.78, 5) is 298. The van der Waals surface area contributed by atoms with Gasteiger partial charge in [-0.3, -0.25) is 86.3 Å². The molecule has 0 saturated carbocycles. The normalized spacial score (nSPS) is 15.9. The maximum Gasteiger partial charge on any atom is 0.336 e. The van der Waals surface area contributed by atoms with Gasteiger partial charge in [0.05, 0.1) is 69.7 Å². The number of nitrogens with zero attached hydrogens (tertiary/aromatic N) is 6. The molecule has 0 radical (unpaired) electrons. The zero-order valence-corrected chi connectivity index (χ0v) is 61.5. The van der Waals surface area contributed by atoms with E-state index in [9.17, 15) is 115 Å². The fourth-order valence-electron chi connectivity index (χ4n) is 8.91. The second-order valence-corrected chi connectivity index (χ2v) is 23.7. The van der Waals surface area contributed by atoms with Gasteiger partial charge in [0.15, 0.2) is 0 Å². The molecule has 3 atom stereocenters. The van der Waals surface area contributed by atoms with Gasteiger partial charge in [-0.1, -0.05) is 54.4 Å². The lowest BCUT2D eigenvalue weighted by atomic mass is 10.0. The van der Waals surface area contributed by atoms with Crippen molar-refractivity contribution in [1.82, 2.24) is 30.4 Å². The smallest absolute Gasteiger partial charge is 0.336 e. The van der Waals surface area contributed by atoms with E-state index in [2.05, 4.69) is 28.8 Å². The topological polar surface area (TPSA) is 512 Å². The second kappa shape index (κ2) is 50.5. The van der Waals surface area contributed by atoms with Crippen LogP contribution in [0.25, 0.3) is 0 Å². The van der Waals surface area contributed by atoms with Crippen molar-refractivity contribution in [3.05, 3.63) is 0 Å². The van der Waals surface area contributed by atoms with Crippen molar-refractivity contribution in [1.29, 1.82) is 0 Å². The molecule has 0 bridgehead atoms. The Morgan fingerprint density at radius 2 is 0.542 bits per heavy atom. The molecule has 0 aromatic heterocycles. The van der Waals surface area contributed by atoms with Crippen molar-refractivity contribution in [3.63, 3.8) is 0 Å². The molecule has 0 aromatic carbocycles. The van der Waals surface area contributed by atoms with Gasteiger partial charge in [-0.15, -0.1) is 30.4 Å². The van der Waals surface area contributed by atoms with Gasteiger partial charge in [-0.25, -0.2) is 28.8 Å². The molecule has 594 valence electrons. The number of esters is 3. The molecule has 6 rings (SSSR count). The maximum atomic E-state index is 11.9. The quantitative estimate of drug-likeness (QED) is 0.0379. The third-order valence-corrected chi connectivity index (χ3v) is 14.9. The lowest BCUT2D eigenvalue weighted by Gasteiger charge is -2.18. The average molecular weight is 1520 g/mol. The summed E-state index contributed by atoms with van der Waals surface area (Å²) in [6, 6.07) is 0. The molecule has 0 N–H and O–H groups in total. The minimum absolute atomic E-state index is 0.0401. The molecule has 107 heavy (non-hydrogen) atoms. The fraction of sp³-hybridized carbons (Fsp3) is 0.647. The summed E-state index contributed by atoms with van der Waals surface area (Å²) in [5.41, 5.74) is 0. The Bertz CT molecular complexity index is 3210. The molecule has 6 fully saturated rings. The Labute approximate surface area is 614 Å². The molecule has 0 aliphatic carbocycles. The third kappa shape index (κ3) is 36.1. The zero-order chi connectivity index (χ0) is 81.0. The molecule has 12 amide bonds. The minimum Gasteiger partial charge on any atom is -0.466 e. The van der Waals surface area contributed by atoms with Crippen molar-refractivity contribution in [2.24, 2.45) is 17.8 Å². The number of amides is 12. The first-order valence-electron chi connectivity index (χ1n) is 35.0. The van der Waals surface area contributed by atoms with Crippen LogP contribution in [0.4, 0.5) is 0 Å². The van der Waals surface area contributed by atoms with E-state index in [-0.39, 0.29) is 166 Å². The third-order valence-electron chi connectivity index (χ3n) is 14.9. The van der Waals surface area contributed by atoms with Crippen molar-refractivity contribution < 1.29 is 158 Å². The number of carbonyl (C=O) groups excluding carboxylic acids is 24. The zero-order valence-electron chi connectivity index (χ0n) is 61.5. The van der Waals surface area contributed by atoms with Gasteiger partial charge in [0.2, 0.25) is 0 Å². The lowest BCUT2D eigenvalue weighted by Crippen LogP contribution is -2.35. The Morgan fingerprint density at radius 1 is 0.280 bits per heavy atom. The Balaban J connectivity index is 0.000000643. The minimum atomic E-state index is -0.804. The predicted molar refractivity (Wildman–Crippen MR) is 351 cm³/mol. The van der Waals surface area contributed by atoms with Crippen LogP contribution in [0.2, 0.25) is 0 Å². The highest BCUT2D eigenvalue weighted by atomic mass is 16.8. The summed E-state index contributed by atoms with van der Waals surface area (Å²) in [7, 11) is 0. The summed E-state index contributed by atoms with van der Waals surface area (Å²) >= 11 is 0. The highest BCUT2D eigenvalue weighted by Crippen LogP contribution is 2.22.